The maximum Gasteiger partial charge on any atom is 0.410 e. The average Bonchev–Trinajstić information content (AvgIpc) is 3.28. The molecule has 1 fully saturated rings. The van der Waals surface area contributed by atoms with Crippen LogP contribution in [-0.4, -0.2) is 56.7 Å². The highest BCUT2D eigenvalue weighted by molar-refractivity contribution is 6.99. The average molecular weight is 526 g/mol. The van der Waals surface area contributed by atoms with Crippen LogP contribution in [0.3, 0.4) is 0 Å². The van der Waals surface area contributed by atoms with E-state index < -0.39 is 25.9 Å². The molecule has 0 radical (unpaired) electrons. The Labute approximate surface area is 223 Å². The smallest absolute Gasteiger partial charge is 0.410 e. The van der Waals surface area contributed by atoms with Gasteiger partial charge < -0.3 is 18.8 Å². The fourth-order valence-electron chi connectivity index (χ4n) is 5.34. The summed E-state index contributed by atoms with van der Waals surface area (Å²) in [5.41, 5.74) is -0.619. The van der Waals surface area contributed by atoms with Gasteiger partial charge in [-0.1, -0.05) is 81.4 Å². The number of esters is 1. The van der Waals surface area contributed by atoms with Gasteiger partial charge in [0.15, 0.2) is 0 Å². The van der Waals surface area contributed by atoms with E-state index in [4.69, 9.17) is 13.9 Å². The van der Waals surface area contributed by atoms with E-state index in [-0.39, 0.29) is 29.6 Å². The third-order valence-electron chi connectivity index (χ3n) is 6.99. The zero-order chi connectivity index (χ0) is 27.4. The molecule has 2 aromatic carbocycles. The standard InChI is InChI=1S/C30H43NO5Si/c1-9-34-27(32)26-21-31(28(33)35-29(3,4)5)20-25(26)22(2)36-37(30(6,7)8,23-16-12-10-13-17-23)24-18-14-11-15-19-24/h10-19,22,25-26H,9,20-21H2,1-8H3/t22?,25-,26+/m1/s1. The van der Waals surface area contributed by atoms with Gasteiger partial charge in [-0.25, -0.2) is 4.79 Å². The van der Waals surface area contributed by atoms with Crippen LogP contribution in [0.15, 0.2) is 60.7 Å². The number of carbonyl (C=O) groups is 2. The minimum atomic E-state index is -2.84. The lowest BCUT2D eigenvalue weighted by atomic mass is 9.92. The maximum atomic E-state index is 13.1. The van der Waals surface area contributed by atoms with Gasteiger partial charge in [0, 0.05) is 25.1 Å². The van der Waals surface area contributed by atoms with Crippen LogP contribution in [0, 0.1) is 11.8 Å². The molecule has 3 rings (SSSR count). The molecule has 1 heterocycles. The largest absolute Gasteiger partial charge is 0.466 e. The zero-order valence-electron chi connectivity index (χ0n) is 23.6. The predicted molar refractivity (Wildman–Crippen MR) is 150 cm³/mol. The summed E-state index contributed by atoms with van der Waals surface area (Å²) in [5, 5.41) is 2.15. The molecule has 37 heavy (non-hydrogen) atoms. The summed E-state index contributed by atoms with van der Waals surface area (Å²) >= 11 is 0. The van der Waals surface area contributed by atoms with Crippen LogP contribution >= 0.6 is 0 Å². The van der Waals surface area contributed by atoms with Crippen molar-refractivity contribution < 1.29 is 23.5 Å². The first-order valence-corrected chi connectivity index (χ1v) is 15.1. The monoisotopic (exact) mass is 525 g/mol. The summed E-state index contributed by atoms with van der Waals surface area (Å²) in [6.45, 7) is 17.0. The van der Waals surface area contributed by atoms with Crippen LogP contribution < -0.4 is 10.4 Å². The molecule has 1 aliphatic rings. The number of amides is 1. The van der Waals surface area contributed by atoms with Crippen molar-refractivity contribution in [2.45, 2.75) is 72.1 Å². The SMILES string of the molecule is CCOC(=O)[C@H]1CN(C(=O)OC(C)(C)C)C[C@@H]1C(C)O[Si](c1ccccc1)(c1ccccc1)C(C)(C)C. The van der Waals surface area contributed by atoms with Crippen molar-refractivity contribution in [3.05, 3.63) is 60.7 Å². The molecule has 0 aliphatic carbocycles. The molecular formula is C30H43NO5Si. The fraction of sp³-hybridized carbons (Fsp3) is 0.533. The van der Waals surface area contributed by atoms with E-state index in [1.54, 1.807) is 11.8 Å². The third-order valence-corrected chi connectivity index (χ3v) is 12.1. The molecule has 0 aromatic heterocycles. The first kappa shape index (κ1) is 28.9. The molecule has 0 bridgehead atoms. The number of likely N-dealkylation sites (tertiary alicyclic amines) is 1. The van der Waals surface area contributed by atoms with E-state index in [1.165, 1.54) is 10.4 Å². The van der Waals surface area contributed by atoms with E-state index in [0.717, 1.165) is 0 Å². The summed E-state index contributed by atoms with van der Waals surface area (Å²) in [4.78, 5) is 27.7. The molecule has 1 saturated heterocycles. The molecule has 0 N–H and O–H groups in total. The molecule has 7 heteroatoms. The van der Waals surface area contributed by atoms with Crippen molar-refractivity contribution in [3.63, 3.8) is 0 Å². The number of hydrogen-bond acceptors (Lipinski definition) is 5. The first-order valence-electron chi connectivity index (χ1n) is 13.2. The number of hydrogen-bond donors (Lipinski definition) is 0. The number of ether oxygens (including phenoxy) is 2. The van der Waals surface area contributed by atoms with Gasteiger partial charge in [-0.2, -0.15) is 0 Å². The second-order valence-electron chi connectivity index (χ2n) is 11.9. The van der Waals surface area contributed by atoms with Gasteiger partial charge >= 0.3 is 12.1 Å². The van der Waals surface area contributed by atoms with Crippen molar-refractivity contribution in [2.75, 3.05) is 19.7 Å². The van der Waals surface area contributed by atoms with E-state index in [2.05, 4.69) is 69.3 Å². The van der Waals surface area contributed by atoms with Gasteiger partial charge in [0.05, 0.1) is 12.5 Å². The van der Waals surface area contributed by atoms with Crippen LogP contribution in [0.5, 0.6) is 0 Å². The molecular weight excluding hydrogens is 482 g/mol. The second-order valence-corrected chi connectivity index (χ2v) is 16.1. The van der Waals surface area contributed by atoms with E-state index in [9.17, 15) is 9.59 Å². The molecule has 202 valence electrons. The summed E-state index contributed by atoms with van der Waals surface area (Å²) in [7, 11) is -2.84. The van der Waals surface area contributed by atoms with Crippen LogP contribution in [0.2, 0.25) is 5.04 Å². The van der Waals surface area contributed by atoms with Gasteiger partial charge in [-0.15, -0.1) is 0 Å². The van der Waals surface area contributed by atoms with Crippen molar-refractivity contribution >= 4 is 30.8 Å². The van der Waals surface area contributed by atoms with Crippen LogP contribution in [0.25, 0.3) is 0 Å². The second kappa shape index (κ2) is 11.4. The molecule has 0 saturated carbocycles. The molecule has 1 aliphatic heterocycles. The summed E-state index contributed by atoms with van der Waals surface area (Å²) < 4.78 is 18.4. The number of nitrogens with zero attached hydrogens (tertiary/aromatic N) is 1. The van der Waals surface area contributed by atoms with Gasteiger partial charge in [0.25, 0.3) is 8.32 Å². The minimum Gasteiger partial charge on any atom is -0.466 e. The number of rotatable bonds is 7. The van der Waals surface area contributed by atoms with E-state index in [1.807, 2.05) is 39.8 Å². The normalized spacial score (nSPS) is 19.4. The molecule has 3 atom stereocenters. The lowest BCUT2D eigenvalue weighted by molar-refractivity contribution is -0.149. The van der Waals surface area contributed by atoms with E-state index >= 15 is 0 Å². The highest BCUT2D eigenvalue weighted by Gasteiger charge is 2.53. The Kier molecular flexibility index (Phi) is 8.91. The van der Waals surface area contributed by atoms with Gasteiger partial charge in [-0.3, -0.25) is 4.79 Å². The quantitative estimate of drug-likeness (QED) is 0.376. The lowest BCUT2D eigenvalue weighted by Gasteiger charge is -2.46. The maximum absolute atomic E-state index is 13.1. The Morgan fingerprint density at radius 3 is 1.86 bits per heavy atom. The molecule has 0 spiro atoms. The summed E-state index contributed by atoms with van der Waals surface area (Å²) in [5.74, 6) is -1.01. The van der Waals surface area contributed by atoms with Crippen LogP contribution in [0.1, 0.15) is 55.4 Å². The van der Waals surface area contributed by atoms with Crippen molar-refractivity contribution in [3.8, 4) is 0 Å². The van der Waals surface area contributed by atoms with Gasteiger partial charge in [0.1, 0.15) is 5.60 Å². The van der Waals surface area contributed by atoms with E-state index in [0.29, 0.717) is 13.2 Å². The third kappa shape index (κ3) is 6.44. The van der Waals surface area contributed by atoms with Crippen LogP contribution in [-0.2, 0) is 18.7 Å². The highest BCUT2D eigenvalue weighted by Crippen LogP contribution is 2.40. The summed E-state index contributed by atoms with van der Waals surface area (Å²) in [6.07, 6.45) is -0.727. The number of carbonyl (C=O) groups excluding carboxylic acids is 2. The molecule has 1 unspecified atom stereocenters. The Bertz CT molecular complexity index is 1010. The molecule has 2 aromatic rings. The number of benzene rings is 2. The zero-order valence-corrected chi connectivity index (χ0v) is 24.6. The van der Waals surface area contributed by atoms with Gasteiger partial charge in [0.2, 0.25) is 0 Å². The fourth-order valence-corrected chi connectivity index (χ4v) is 10.1. The lowest BCUT2D eigenvalue weighted by Crippen LogP contribution is -2.68. The molecule has 1 amide bonds. The van der Waals surface area contributed by atoms with Crippen molar-refractivity contribution in [1.82, 2.24) is 4.90 Å². The van der Waals surface area contributed by atoms with Crippen LogP contribution in [0.4, 0.5) is 4.79 Å². The van der Waals surface area contributed by atoms with Gasteiger partial charge in [-0.05, 0) is 50.0 Å². The Balaban J connectivity index is 2.03. The molecule has 6 nitrogen and oxygen atoms in total. The first-order chi connectivity index (χ1) is 17.3. The predicted octanol–water partition coefficient (Wildman–Crippen LogP) is 5.00. The topological polar surface area (TPSA) is 65.1 Å². The van der Waals surface area contributed by atoms with Crippen molar-refractivity contribution in [1.29, 1.82) is 0 Å². The summed E-state index contributed by atoms with van der Waals surface area (Å²) in [6, 6.07) is 20.9. The van der Waals surface area contributed by atoms with Crippen molar-refractivity contribution in [2.24, 2.45) is 11.8 Å². The Hall–Kier alpha value is -2.64. The highest BCUT2D eigenvalue weighted by atomic mass is 28.4. The Morgan fingerprint density at radius 2 is 1.43 bits per heavy atom. The minimum absolute atomic E-state index is 0.202. The Morgan fingerprint density at radius 1 is 0.919 bits per heavy atom.